The maximum absolute atomic E-state index is 6.13. The molecule has 3 heterocycles. The summed E-state index contributed by atoms with van der Waals surface area (Å²) < 4.78 is 12.3. The van der Waals surface area contributed by atoms with Crippen LogP contribution in [0.3, 0.4) is 0 Å². The van der Waals surface area contributed by atoms with E-state index >= 15 is 0 Å². The van der Waals surface area contributed by atoms with E-state index in [1.807, 2.05) is 6.20 Å². The van der Waals surface area contributed by atoms with E-state index in [0.29, 0.717) is 5.92 Å². The monoisotopic (exact) mass is 275 g/mol. The fourth-order valence-electron chi connectivity index (χ4n) is 2.73. The van der Waals surface area contributed by atoms with Gasteiger partial charge < -0.3 is 14.6 Å². The predicted octanol–water partition coefficient (Wildman–Crippen LogP) is 0.853. The summed E-state index contributed by atoms with van der Waals surface area (Å²) in [6.45, 7) is 10.3. The highest BCUT2D eigenvalue weighted by Crippen LogP contribution is 2.37. The third-order valence-corrected chi connectivity index (χ3v) is 4.73. The minimum atomic E-state index is -0.378. The van der Waals surface area contributed by atoms with Gasteiger partial charge in [-0.25, -0.2) is 9.97 Å². The first-order valence-electron chi connectivity index (χ1n) is 7.27. The zero-order valence-electron chi connectivity index (χ0n) is 12.6. The Balaban J connectivity index is 1.92. The first-order chi connectivity index (χ1) is 9.41. The normalized spacial score (nSPS) is 28.0. The molecule has 0 amide bonds. The molecule has 0 bridgehead atoms. The van der Waals surface area contributed by atoms with Gasteiger partial charge in [0.05, 0.1) is 11.2 Å². The number of nitrogens with zero attached hydrogens (tertiary/aromatic N) is 2. The lowest BCUT2D eigenvalue weighted by atomic mass is 9.76. The lowest BCUT2D eigenvalue weighted by molar-refractivity contribution is 0.00578. The van der Waals surface area contributed by atoms with E-state index in [1.54, 1.807) is 6.33 Å². The molecule has 6 heteroatoms. The van der Waals surface area contributed by atoms with Crippen LogP contribution in [0, 0.1) is 0 Å². The van der Waals surface area contributed by atoms with Gasteiger partial charge in [-0.15, -0.1) is 0 Å². The highest BCUT2D eigenvalue weighted by molar-refractivity contribution is 6.62. The smallest absolute Gasteiger partial charge is 0.399 e. The van der Waals surface area contributed by atoms with Crippen LogP contribution in [0.25, 0.3) is 0 Å². The summed E-state index contributed by atoms with van der Waals surface area (Å²) in [7, 11) is -0.378. The van der Waals surface area contributed by atoms with Gasteiger partial charge in [-0.2, -0.15) is 0 Å². The summed E-state index contributed by atoms with van der Waals surface area (Å²) in [6, 6.07) is 0. The van der Waals surface area contributed by atoms with Crippen molar-refractivity contribution < 1.29 is 9.31 Å². The Hall–Kier alpha value is -0.975. The van der Waals surface area contributed by atoms with Gasteiger partial charge in [0.15, 0.2) is 0 Å². The van der Waals surface area contributed by atoms with Gasteiger partial charge in [-0.3, -0.25) is 0 Å². The van der Waals surface area contributed by atoms with Gasteiger partial charge in [0.25, 0.3) is 0 Å². The first kappa shape index (κ1) is 14.0. The number of hydrogen-bond acceptors (Lipinski definition) is 5. The molecule has 0 aliphatic carbocycles. The molecule has 2 saturated heterocycles. The molecular weight excluding hydrogens is 253 g/mol. The molecule has 108 valence electrons. The average molecular weight is 275 g/mol. The lowest BCUT2D eigenvalue weighted by Gasteiger charge is -2.32. The molecule has 5 nitrogen and oxygen atoms in total. The summed E-state index contributed by atoms with van der Waals surface area (Å²) in [4.78, 5) is 8.66. The fraction of sp³-hybridized carbons (Fsp3) is 0.714. The van der Waals surface area contributed by atoms with Crippen LogP contribution in [-0.2, 0) is 9.31 Å². The molecule has 0 aromatic carbocycles. The molecule has 1 atom stereocenters. The highest BCUT2D eigenvalue weighted by Gasteiger charge is 2.52. The van der Waals surface area contributed by atoms with Crippen molar-refractivity contribution in [2.75, 3.05) is 13.1 Å². The molecule has 1 aromatic rings. The number of nitrogens with one attached hydrogen (secondary N) is 1. The van der Waals surface area contributed by atoms with Crippen LogP contribution in [0.5, 0.6) is 0 Å². The topological polar surface area (TPSA) is 56.3 Å². The summed E-state index contributed by atoms with van der Waals surface area (Å²) in [5.41, 5.74) is 1.36. The van der Waals surface area contributed by atoms with Gasteiger partial charge in [-0.05, 0) is 40.7 Å². The molecule has 2 fully saturated rings. The molecular formula is C14H22BN3O2. The van der Waals surface area contributed by atoms with Crippen LogP contribution < -0.4 is 10.8 Å². The van der Waals surface area contributed by atoms with Gasteiger partial charge in [0.1, 0.15) is 6.33 Å². The van der Waals surface area contributed by atoms with Crippen molar-refractivity contribution in [2.45, 2.75) is 51.2 Å². The zero-order valence-corrected chi connectivity index (χ0v) is 12.6. The minimum Gasteiger partial charge on any atom is -0.399 e. The van der Waals surface area contributed by atoms with E-state index in [0.717, 1.165) is 30.7 Å². The lowest BCUT2D eigenvalue weighted by Crippen LogP contribution is -2.41. The Bertz CT molecular complexity index is 485. The van der Waals surface area contributed by atoms with Crippen molar-refractivity contribution in [3.05, 3.63) is 18.2 Å². The average Bonchev–Trinajstić information content (AvgIpc) is 2.97. The van der Waals surface area contributed by atoms with Gasteiger partial charge in [0.2, 0.25) is 0 Å². The van der Waals surface area contributed by atoms with Crippen LogP contribution in [-0.4, -0.2) is 41.4 Å². The maximum Gasteiger partial charge on any atom is 0.498 e. The Morgan fingerprint density at radius 1 is 1.25 bits per heavy atom. The van der Waals surface area contributed by atoms with E-state index < -0.39 is 0 Å². The summed E-state index contributed by atoms with van der Waals surface area (Å²) in [6.07, 6.45) is 4.55. The molecule has 2 aliphatic heterocycles. The first-order valence-corrected chi connectivity index (χ1v) is 7.27. The molecule has 0 spiro atoms. The Labute approximate surface area is 120 Å². The third kappa shape index (κ3) is 2.26. The molecule has 3 rings (SSSR count). The Morgan fingerprint density at radius 2 is 1.95 bits per heavy atom. The largest absolute Gasteiger partial charge is 0.498 e. The van der Waals surface area contributed by atoms with Gasteiger partial charge >= 0.3 is 7.12 Å². The molecule has 0 radical (unpaired) electrons. The summed E-state index contributed by atoms with van der Waals surface area (Å²) in [5, 5.41) is 3.38. The highest BCUT2D eigenvalue weighted by atomic mass is 16.7. The maximum atomic E-state index is 6.13. The second-order valence-electron chi connectivity index (χ2n) is 6.64. The third-order valence-electron chi connectivity index (χ3n) is 4.73. The summed E-state index contributed by atoms with van der Waals surface area (Å²) in [5.74, 6) is 0.423. The van der Waals surface area contributed by atoms with Gasteiger partial charge in [-0.1, -0.05) is 0 Å². The SMILES string of the molecule is CC1(C)OB(c2cncnc2C2CCNC2)OC1(C)C. The Kier molecular flexibility index (Phi) is 3.35. The van der Waals surface area contributed by atoms with Crippen molar-refractivity contribution in [3.63, 3.8) is 0 Å². The van der Waals surface area contributed by atoms with Crippen LogP contribution in [0.1, 0.15) is 45.7 Å². The standard InChI is InChI=1S/C14H22BN3O2/c1-13(2)14(3,4)20-15(19-13)11-8-17-9-18-12(11)10-5-6-16-7-10/h8-10,16H,5-7H2,1-4H3. The van der Waals surface area contributed by atoms with Crippen molar-refractivity contribution in [2.24, 2.45) is 0 Å². The molecule has 0 saturated carbocycles. The van der Waals surface area contributed by atoms with Crippen molar-refractivity contribution in [1.82, 2.24) is 15.3 Å². The second-order valence-corrected chi connectivity index (χ2v) is 6.64. The van der Waals surface area contributed by atoms with Crippen LogP contribution in [0.15, 0.2) is 12.5 Å². The van der Waals surface area contributed by atoms with E-state index in [4.69, 9.17) is 9.31 Å². The van der Waals surface area contributed by atoms with Crippen molar-refractivity contribution in [3.8, 4) is 0 Å². The summed E-state index contributed by atoms with van der Waals surface area (Å²) >= 11 is 0. The predicted molar refractivity (Wildman–Crippen MR) is 78.0 cm³/mol. The van der Waals surface area contributed by atoms with Crippen molar-refractivity contribution >= 4 is 12.6 Å². The Morgan fingerprint density at radius 3 is 2.55 bits per heavy atom. The van der Waals surface area contributed by atoms with Crippen LogP contribution in [0.2, 0.25) is 0 Å². The minimum absolute atomic E-state index is 0.335. The van der Waals surface area contributed by atoms with E-state index in [-0.39, 0.29) is 18.3 Å². The van der Waals surface area contributed by atoms with E-state index in [1.165, 1.54) is 0 Å². The van der Waals surface area contributed by atoms with Crippen LogP contribution in [0.4, 0.5) is 0 Å². The molecule has 2 aliphatic rings. The molecule has 1 N–H and O–H groups in total. The molecule has 20 heavy (non-hydrogen) atoms. The second kappa shape index (κ2) is 4.79. The number of aromatic nitrogens is 2. The molecule has 1 aromatic heterocycles. The molecule has 1 unspecified atom stereocenters. The number of rotatable bonds is 2. The fourth-order valence-corrected chi connectivity index (χ4v) is 2.73. The zero-order chi connectivity index (χ0) is 14.4. The van der Waals surface area contributed by atoms with E-state index in [2.05, 4.69) is 43.0 Å². The van der Waals surface area contributed by atoms with Crippen molar-refractivity contribution in [1.29, 1.82) is 0 Å². The van der Waals surface area contributed by atoms with Crippen LogP contribution >= 0.6 is 0 Å². The van der Waals surface area contributed by atoms with E-state index in [9.17, 15) is 0 Å². The quantitative estimate of drug-likeness (QED) is 0.811. The van der Waals surface area contributed by atoms with Gasteiger partial charge in [0, 0.05) is 29.8 Å². The number of hydrogen-bond donors (Lipinski definition) is 1.